The van der Waals surface area contributed by atoms with Gasteiger partial charge in [-0.3, -0.25) is 4.79 Å². The van der Waals surface area contributed by atoms with Gasteiger partial charge in [-0.05, 0) is 37.3 Å². The SMILES string of the molecule is CC1CCNC(C)C1NC(=O)c1cccs1.Cl. The second-order valence-electron chi connectivity index (χ2n) is 4.49. The van der Waals surface area contributed by atoms with Gasteiger partial charge in [0.1, 0.15) is 0 Å². The number of rotatable bonds is 2. The fourth-order valence-corrected chi connectivity index (χ4v) is 2.86. The first kappa shape index (κ1) is 14.5. The van der Waals surface area contributed by atoms with Crippen LogP contribution in [0, 0.1) is 5.92 Å². The monoisotopic (exact) mass is 274 g/mol. The molecule has 0 aliphatic carbocycles. The summed E-state index contributed by atoms with van der Waals surface area (Å²) in [6, 6.07) is 4.37. The van der Waals surface area contributed by atoms with Gasteiger partial charge in [0, 0.05) is 12.1 Å². The Morgan fingerprint density at radius 1 is 1.53 bits per heavy atom. The number of thiophene rings is 1. The standard InChI is InChI=1S/C12H18N2OS.ClH/c1-8-5-6-13-9(2)11(8)14-12(15)10-4-3-7-16-10;/h3-4,7-9,11,13H,5-6H2,1-2H3,(H,14,15);1H. The Morgan fingerprint density at radius 2 is 2.29 bits per heavy atom. The average molecular weight is 275 g/mol. The zero-order valence-electron chi connectivity index (χ0n) is 10.1. The quantitative estimate of drug-likeness (QED) is 0.869. The normalized spacial score (nSPS) is 28.2. The van der Waals surface area contributed by atoms with Crippen LogP contribution in [0.3, 0.4) is 0 Å². The Kier molecular flexibility index (Phi) is 5.43. The summed E-state index contributed by atoms with van der Waals surface area (Å²) in [6.07, 6.45) is 1.12. The van der Waals surface area contributed by atoms with E-state index in [0.29, 0.717) is 12.0 Å². The number of hydrogen-bond donors (Lipinski definition) is 2. The maximum Gasteiger partial charge on any atom is 0.261 e. The lowest BCUT2D eigenvalue weighted by Gasteiger charge is -2.35. The summed E-state index contributed by atoms with van der Waals surface area (Å²) in [7, 11) is 0. The smallest absolute Gasteiger partial charge is 0.261 e. The highest BCUT2D eigenvalue weighted by molar-refractivity contribution is 7.12. The van der Waals surface area contributed by atoms with Crippen molar-refractivity contribution in [2.75, 3.05) is 6.54 Å². The first-order valence-corrected chi connectivity index (χ1v) is 6.64. The predicted molar refractivity (Wildman–Crippen MR) is 74.1 cm³/mol. The highest BCUT2D eigenvalue weighted by atomic mass is 35.5. The van der Waals surface area contributed by atoms with Crippen LogP contribution in [0.1, 0.15) is 29.9 Å². The molecule has 1 fully saturated rings. The molecule has 0 bridgehead atoms. The number of piperidine rings is 1. The lowest BCUT2D eigenvalue weighted by atomic mass is 9.89. The Balaban J connectivity index is 0.00000144. The molecule has 1 amide bonds. The Labute approximate surface area is 112 Å². The van der Waals surface area contributed by atoms with Gasteiger partial charge in [0.25, 0.3) is 5.91 Å². The van der Waals surface area contributed by atoms with Crippen molar-refractivity contribution in [2.24, 2.45) is 5.92 Å². The van der Waals surface area contributed by atoms with Crippen molar-refractivity contribution >= 4 is 29.7 Å². The van der Waals surface area contributed by atoms with Crippen molar-refractivity contribution in [3.8, 4) is 0 Å². The van der Waals surface area contributed by atoms with Crippen LogP contribution in [-0.4, -0.2) is 24.5 Å². The van der Waals surface area contributed by atoms with E-state index in [1.807, 2.05) is 17.5 Å². The van der Waals surface area contributed by atoms with Crippen LogP contribution in [-0.2, 0) is 0 Å². The number of hydrogen-bond acceptors (Lipinski definition) is 3. The van der Waals surface area contributed by atoms with E-state index >= 15 is 0 Å². The number of carbonyl (C=O) groups excluding carboxylic acids is 1. The van der Waals surface area contributed by atoms with E-state index in [2.05, 4.69) is 24.5 Å². The van der Waals surface area contributed by atoms with Crippen LogP contribution in [0.15, 0.2) is 17.5 Å². The zero-order valence-corrected chi connectivity index (χ0v) is 11.7. The maximum absolute atomic E-state index is 11.9. The van der Waals surface area contributed by atoms with Crippen molar-refractivity contribution < 1.29 is 4.79 Å². The van der Waals surface area contributed by atoms with Gasteiger partial charge in [0.2, 0.25) is 0 Å². The molecule has 3 atom stereocenters. The molecule has 1 aliphatic heterocycles. The Morgan fingerprint density at radius 3 is 2.88 bits per heavy atom. The van der Waals surface area contributed by atoms with Gasteiger partial charge in [-0.25, -0.2) is 0 Å². The molecule has 1 aromatic heterocycles. The molecule has 96 valence electrons. The molecule has 1 saturated heterocycles. The van der Waals surface area contributed by atoms with E-state index in [9.17, 15) is 4.79 Å². The van der Waals surface area contributed by atoms with Crippen LogP contribution in [0.4, 0.5) is 0 Å². The summed E-state index contributed by atoms with van der Waals surface area (Å²) in [4.78, 5) is 12.7. The second-order valence-corrected chi connectivity index (χ2v) is 5.43. The molecule has 2 N–H and O–H groups in total. The van der Waals surface area contributed by atoms with Crippen molar-refractivity contribution in [3.63, 3.8) is 0 Å². The van der Waals surface area contributed by atoms with Gasteiger partial charge in [0.05, 0.1) is 4.88 Å². The number of carbonyl (C=O) groups is 1. The fraction of sp³-hybridized carbons (Fsp3) is 0.583. The van der Waals surface area contributed by atoms with Crippen molar-refractivity contribution in [1.29, 1.82) is 0 Å². The summed E-state index contributed by atoms with van der Waals surface area (Å²) in [5.74, 6) is 0.600. The Bertz CT molecular complexity index is 345. The van der Waals surface area contributed by atoms with Gasteiger partial charge in [-0.2, -0.15) is 0 Å². The molecule has 1 aromatic rings. The summed E-state index contributed by atoms with van der Waals surface area (Å²) in [5, 5.41) is 8.46. The molecule has 0 spiro atoms. The van der Waals surface area contributed by atoms with Crippen LogP contribution >= 0.6 is 23.7 Å². The Hall–Kier alpha value is -0.580. The summed E-state index contributed by atoms with van der Waals surface area (Å²) < 4.78 is 0. The van der Waals surface area contributed by atoms with Crippen molar-refractivity contribution in [2.45, 2.75) is 32.4 Å². The number of nitrogens with one attached hydrogen (secondary N) is 2. The molecule has 2 rings (SSSR count). The topological polar surface area (TPSA) is 41.1 Å². The molecule has 3 nitrogen and oxygen atoms in total. The average Bonchev–Trinajstić information content (AvgIpc) is 2.76. The lowest BCUT2D eigenvalue weighted by molar-refractivity contribution is 0.0902. The lowest BCUT2D eigenvalue weighted by Crippen LogP contribution is -2.55. The van der Waals surface area contributed by atoms with Crippen LogP contribution < -0.4 is 10.6 Å². The summed E-state index contributed by atoms with van der Waals surface area (Å²) in [6.45, 7) is 5.39. The minimum absolute atomic E-state index is 0. The molecular formula is C12H19ClN2OS. The number of amides is 1. The van der Waals surface area contributed by atoms with E-state index in [0.717, 1.165) is 17.8 Å². The third-order valence-corrected chi connectivity index (χ3v) is 4.13. The minimum atomic E-state index is 0. The van der Waals surface area contributed by atoms with Gasteiger partial charge < -0.3 is 10.6 Å². The zero-order chi connectivity index (χ0) is 11.5. The van der Waals surface area contributed by atoms with E-state index in [4.69, 9.17) is 0 Å². The van der Waals surface area contributed by atoms with E-state index in [-0.39, 0.29) is 24.4 Å². The molecule has 1 aliphatic rings. The first-order valence-electron chi connectivity index (χ1n) is 5.76. The van der Waals surface area contributed by atoms with E-state index < -0.39 is 0 Å². The van der Waals surface area contributed by atoms with Crippen molar-refractivity contribution in [1.82, 2.24) is 10.6 Å². The van der Waals surface area contributed by atoms with E-state index in [1.54, 1.807) is 0 Å². The van der Waals surface area contributed by atoms with Crippen molar-refractivity contribution in [3.05, 3.63) is 22.4 Å². The molecule has 3 unspecified atom stereocenters. The summed E-state index contributed by atoms with van der Waals surface area (Å²) >= 11 is 1.49. The van der Waals surface area contributed by atoms with Crippen LogP contribution in [0.2, 0.25) is 0 Å². The molecule has 0 saturated carbocycles. The maximum atomic E-state index is 11.9. The molecular weight excluding hydrogens is 256 g/mol. The minimum Gasteiger partial charge on any atom is -0.347 e. The highest BCUT2D eigenvalue weighted by Crippen LogP contribution is 2.17. The third kappa shape index (κ3) is 3.44. The molecule has 5 heteroatoms. The van der Waals surface area contributed by atoms with Gasteiger partial charge in [0.15, 0.2) is 0 Å². The molecule has 0 radical (unpaired) electrons. The van der Waals surface area contributed by atoms with Crippen LogP contribution in [0.25, 0.3) is 0 Å². The first-order chi connectivity index (χ1) is 7.68. The molecule has 0 aromatic carbocycles. The number of halogens is 1. The highest BCUT2D eigenvalue weighted by Gasteiger charge is 2.28. The van der Waals surface area contributed by atoms with Gasteiger partial charge in [-0.1, -0.05) is 13.0 Å². The largest absolute Gasteiger partial charge is 0.347 e. The fourth-order valence-electron chi connectivity index (χ4n) is 2.24. The molecule has 17 heavy (non-hydrogen) atoms. The predicted octanol–water partition coefficient (Wildman–Crippen LogP) is 2.29. The van der Waals surface area contributed by atoms with Crippen LogP contribution in [0.5, 0.6) is 0 Å². The van der Waals surface area contributed by atoms with Gasteiger partial charge >= 0.3 is 0 Å². The van der Waals surface area contributed by atoms with Gasteiger partial charge in [-0.15, -0.1) is 23.7 Å². The summed E-state index contributed by atoms with van der Waals surface area (Å²) in [5.41, 5.74) is 0. The molecule has 2 heterocycles. The van der Waals surface area contributed by atoms with E-state index in [1.165, 1.54) is 11.3 Å². The second kappa shape index (κ2) is 6.38. The third-order valence-electron chi connectivity index (χ3n) is 3.26.